The summed E-state index contributed by atoms with van der Waals surface area (Å²) in [4.78, 5) is 0. The van der Waals surface area contributed by atoms with Gasteiger partial charge in [-0.05, 0) is 34.5 Å². The molecule has 0 amide bonds. The average molecular weight is 225 g/mol. The zero-order chi connectivity index (χ0) is 9.80. The van der Waals surface area contributed by atoms with Crippen molar-refractivity contribution in [3.63, 3.8) is 0 Å². The van der Waals surface area contributed by atoms with Gasteiger partial charge in [0, 0.05) is 0 Å². The topological polar surface area (TPSA) is 9.23 Å². The van der Waals surface area contributed by atoms with Crippen LogP contribution in [0.1, 0.15) is 5.56 Å². The molecule has 0 atom stereocenters. The summed E-state index contributed by atoms with van der Waals surface area (Å²) < 4.78 is 5.56. The molecule has 0 aliphatic carbocycles. The molecule has 0 N–H and O–H groups in total. The molecule has 0 saturated heterocycles. The molecule has 1 nitrogen and oxygen atoms in total. The molecule has 2 aromatic rings. The first-order chi connectivity index (χ1) is 6.86. The third-order valence-corrected chi connectivity index (χ3v) is 2.86. The summed E-state index contributed by atoms with van der Waals surface area (Å²) in [6.07, 6.45) is 0. The van der Waals surface area contributed by atoms with Gasteiger partial charge < -0.3 is 4.74 Å². The van der Waals surface area contributed by atoms with Gasteiger partial charge in [-0.3, -0.25) is 0 Å². The Morgan fingerprint density at radius 1 is 1.21 bits per heavy atom. The highest BCUT2D eigenvalue weighted by atomic mass is 35.5. The highest BCUT2D eigenvalue weighted by molar-refractivity contribution is 7.07. The Labute approximate surface area is 91.9 Å². The van der Waals surface area contributed by atoms with E-state index in [0.717, 1.165) is 5.75 Å². The van der Waals surface area contributed by atoms with Crippen LogP contribution in [0, 0.1) is 0 Å². The van der Waals surface area contributed by atoms with E-state index in [4.69, 9.17) is 16.3 Å². The molecule has 72 valence electrons. The minimum atomic E-state index is 0.577. The Balaban J connectivity index is 2.02. The molecule has 0 saturated carbocycles. The average Bonchev–Trinajstić information content (AvgIpc) is 2.69. The van der Waals surface area contributed by atoms with E-state index < -0.39 is 0 Å². The maximum absolute atomic E-state index is 5.94. The summed E-state index contributed by atoms with van der Waals surface area (Å²) in [5, 5.41) is 4.75. The second-order valence-corrected chi connectivity index (χ2v) is 4.04. The van der Waals surface area contributed by atoms with Crippen molar-refractivity contribution < 1.29 is 4.74 Å². The molecule has 0 unspecified atom stereocenters. The number of halogens is 1. The van der Waals surface area contributed by atoms with Gasteiger partial charge >= 0.3 is 0 Å². The summed E-state index contributed by atoms with van der Waals surface area (Å²) in [5.41, 5.74) is 1.18. The normalized spacial score (nSPS) is 10.1. The largest absolute Gasteiger partial charge is 0.487 e. The number of hydrogen-bond donors (Lipinski definition) is 0. The standard InChI is InChI=1S/C11H9ClOS/c12-10-3-1-2-4-11(10)13-7-9-5-6-14-8-9/h1-6,8H,7H2. The summed E-state index contributed by atoms with van der Waals surface area (Å²) >= 11 is 7.61. The summed E-state index contributed by atoms with van der Waals surface area (Å²) in [7, 11) is 0. The van der Waals surface area contributed by atoms with Gasteiger partial charge in [0.25, 0.3) is 0 Å². The van der Waals surface area contributed by atoms with Crippen molar-refractivity contribution in [2.24, 2.45) is 0 Å². The number of para-hydroxylation sites is 1. The van der Waals surface area contributed by atoms with E-state index in [1.807, 2.05) is 35.7 Å². The van der Waals surface area contributed by atoms with Crippen LogP contribution in [0.2, 0.25) is 5.02 Å². The van der Waals surface area contributed by atoms with Crippen LogP contribution in [0.5, 0.6) is 5.75 Å². The van der Waals surface area contributed by atoms with Crippen molar-refractivity contribution in [2.75, 3.05) is 0 Å². The lowest BCUT2D eigenvalue weighted by Crippen LogP contribution is -1.93. The van der Waals surface area contributed by atoms with Gasteiger partial charge in [-0.15, -0.1) is 0 Å². The zero-order valence-electron chi connectivity index (χ0n) is 7.44. The summed E-state index contributed by atoms with van der Waals surface area (Å²) in [6, 6.07) is 9.54. The van der Waals surface area contributed by atoms with Crippen molar-refractivity contribution in [3.8, 4) is 5.75 Å². The Kier molecular flexibility index (Phi) is 3.07. The Bertz CT molecular complexity index is 397. The number of benzene rings is 1. The minimum absolute atomic E-state index is 0.577. The predicted molar refractivity (Wildman–Crippen MR) is 60.1 cm³/mol. The highest BCUT2D eigenvalue weighted by Crippen LogP contribution is 2.24. The third-order valence-electron chi connectivity index (χ3n) is 1.81. The van der Waals surface area contributed by atoms with Crippen molar-refractivity contribution in [3.05, 3.63) is 51.7 Å². The maximum Gasteiger partial charge on any atom is 0.138 e. The molecule has 0 aliphatic heterocycles. The Morgan fingerprint density at radius 3 is 2.79 bits per heavy atom. The van der Waals surface area contributed by atoms with Crippen molar-refractivity contribution in [1.82, 2.24) is 0 Å². The van der Waals surface area contributed by atoms with Gasteiger partial charge in [-0.2, -0.15) is 11.3 Å². The first-order valence-electron chi connectivity index (χ1n) is 4.24. The summed E-state index contributed by atoms with van der Waals surface area (Å²) in [6.45, 7) is 0.577. The van der Waals surface area contributed by atoms with Crippen LogP contribution in [0.15, 0.2) is 41.1 Å². The number of hydrogen-bond acceptors (Lipinski definition) is 2. The molecule has 1 aromatic carbocycles. The fourth-order valence-corrected chi connectivity index (χ4v) is 1.94. The molecule has 3 heteroatoms. The lowest BCUT2D eigenvalue weighted by Gasteiger charge is -2.05. The molecule has 1 heterocycles. The van der Waals surface area contributed by atoms with Crippen LogP contribution >= 0.6 is 22.9 Å². The quantitative estimate of drug-likeness (QED) is 0.766. The van der Waals surface area contributed by atoms with Gasteiger partial charge in [0.15, 0.2) is 0 Å². The van der Waals surface area contributed by atoms with Crippen molar-refractivity contribution in [1.29, 1.82) is 0 Å². The van der Waals surface area contributed by atoms with E-state index >= 15 is 0 Å². The molecule has 0 radical (unpaired) electrons. The van der Waals surface area contributed by atoms with Crippen LogP contribution < -0.4 is 4.74 Å². The van der Waals surface area contributed by atoms with Crippen LogP contribution in [-0.2, 0) is 6.61 Å². The van der Waals surface area contributed by atoms with Crippen LogP contribution in [0.4, 0.5) is 0 Å². The first-order valence-corrected chi connectivity index (χ1v) is 5.57. The lowest BCUT2D eigenvalue weighted by molar-refractivity contribution is 0.307. The molecule has 0 fully saturated rings. The van der Waals surface area contributed by atoms with Crippen molar-refractivity contribution in [2.45, 2.75) is 6.61 Å². The highest BCUT2D eigenvalue weighted by Gasteiger charge is 1.99. The van der Waals surface area contributed by atoms with Gasteiger partial charge in [0.1, 0.15) is 12.4 Å². The molecule has 0 spiro atoms. The van der Waals surface area contributed by atoms with E-state index in [0.29, 0.717) is 11.6 Å². The van der Waals surface area contributed by atoms with Gasteiger partial charge in [0.05, 0.1) is 5.02 Å². The molecule has 0 aliphatic rings. The van der Waals surface area contributed by atoms with Crippen LogP contribution in [0.25, 0.3) is 0 Å². The smallest absolute Gasteiger partial charge is 0.138 e. The fourth-order valence-electron chi connectivity index (χ4n) is 1.10. The SMILES string of the molecule is Clc1ccccc1OCc1ccsc1. The van der Waals surface area contributed by atoms with Crippen molar-refractivity contribution >= 4 is 22.9 Å². The van der Waals surface area contributed by atoms with E-state index in [9.17, 15) is 0 Å². The molecule has 1 aromatic heterocycles. The van der Waals surface area contributed by atoms with Gasteiger partial charge in [0.2, 0.25) is 0 Å². The van der Waals surface area contributed by atoms with Crippen LogP contribution in [-0.4, -0.2) is 0 Å². The predicted octanol–water partition coefficient (Wildman–Crippen LogP) is 3.98. The van der Waals surface area contributed by atoms with E-state index in [2.05, 4.69) is 5.38 Å². The maximum atomic E-state index is 5.94. The summed E-state index contributed by atoms with van der Waals surface area (Å²) in [5.74, 6) is 0.736. The number of thiophene rings is 1. The van der Waals surface area contributed by atoms with E-state index in [-0.39, 0.29) is 0 Å². The number of rotatable bonds is 3. The Morgan fingerprint density at radius 2 is 2.07 bits per heavy atom. The monoisotopic (exact) mass is 224 g/mol. The molecular weight excluding hydrogens is 216 g/mol. The van der Waals surface area contributed by atoms with Gasteiger partial charge in [-0.1, -0.05) is 23.7 Å². The van der Waals surface area contributed by atoms with E-state index in [1.165, 1.54) is 5.56 Å². The third kappa shape index (κ3) is 2.28. The van der Waals surface area contributed by atoms with Gasteiger partial charge in [-0.25, -0.2) is 0 Å². The fraction of sp³-hybridized carbons (Fsp3) is 0.0909. The second-order valence-electron chi connectivity index (χ2n) is 2.85. The minimum Gasteiger partial charge on any atom is -0.487 e. The molecule has 14 heavy (non-hydrogen) atoms. The Hall–Kier alpha value is -0.990. The van der Waals surface area contributed by atoms with E-state index in [1.54, 1.807) is 11.3 Å². The molecular formula is C11H9ClOS. The first kappa shape index (κ1) is 9.56. The lowest BCUT2D eigenvalue weighted by atomic mass is 10.3. The molecule has 0 bridgehead atoms. The van der Waals surface area contributed by atoms with Crippen LogP contribution in [0.3, 0.4) is 0 Å². The number of ether oxygens (including phenoxy) is 1. The zero-order valence-corrected chi connectivity index (χ0v) is 9.02. The molecule has 2 rings (SSSR count). The second kappa shape index (κ2) is 4.49.